The van der Waals surface area contributed by atoms with Gasteiger partial charge >= 0.3 is 0 Å². The first-order valence-corrected chi connectivity index (χ1v) is 11.6. The minimum absolute atomic E-state index is 0.00870. The Hall–Kier alpha value is -2.13. The molecule has 0 amide bonds. The Balaban J connectivity index is 1.56. The second-order valence-corrected chi connectivity index (χ2v) is 9.39. The molecule has 6 rings (SSSR count). The van der Waals surface area contributed by atoms with Gasteiger partial charge in [0.15, 0.2) is 0 Å². The number of nitrogens with one attached hydrogen (secondary N) is 1. The molecule has 2 unspecified atom stereocenters. The zero-order valence-electron chi connectivity index (χ0n) is 17.7. The fourth-order valence-corrected chi connectivity index (χ4v) is 5.82. The van der Waals surface area contributed by atoms with E-state index in [9.17, 15) is 9.50 Å². The first kappa shape index (κ1) is 20.5. The number of piperazine rings is 1. The molecule has 1 aromatic heterocycles. The summed E-state index contributed by atoms with van der Waals surface area (Å²) in [7, 11) is 0. The summed E-state index contributed by atoms with van der Waals surface area (Å²) in [6, 6.07) is 4.89. The van der Waals surface area contributed by atoms with Gasteiger partial charge in [-0.2, -0.15) is 0 Å². The maximum absolute atomic E-state index is 14.9. The predicted molar refractivity (Wildman–Crippen MR) is 119 cm³/mol. The molecule has 170 valence electrons. The van der Waals surface area contributed by atoms with Crippen molar-refractivity contribution in [2.75, 3.05) is 44.4 Å². The number of benzene rings is 1. The highest BCUT2D eigenvalue weighted by Gasteiger charge is 2.42. The summed E-state index contributed by atoms with van der Waals surface area (Å²) < 4.78 is 27.0. The van der Waals surface area contributed by atoms with Crippen LogP contribution in [0, 0.1) is 5.82 Å². The van der Waals surface area contributed by atoms with Gasteiger partial charge in [-0.3, -0.25) is 4.90 Å². The molecule has 32 heavy (non-hydrogen) atoms. The summed E-state index contributed by atoms with van der Waals surface area (Å²) in [4.78, 5) is 9.67. The van der Waals surface area contributed by atoms with E-state index in [1.54, 1.807) is 0 Å². The third-order valence-corrected chi connectivity index (χ3v) is 7.49. The molecule has 2 bridgehead atoms. The summed E-state index contributed by atoms with van der Waals surface area (Å²) in [5.41, 5.74) is 1.17. The van der Waals surface area contributed by atoms with Gasteiger partial charge in [0, 0.05) is 26.2 Å². The highest BCUT2D eigenvalue weighted by Crippen LogP contribution is 2.47. The van der Waals surface area contributed by atoms with Crippen molar-refractivity contribution in [3.05, 3.63) is 34.6 Å². The molecule has 0 radical (unpaired) electrons. The lowest BCUT2D eigenvalue weighted by Gasteiger charge is -2.38. The molecular formula is C23H26ClFN4O3. The molecule has 3 atom stereocenters. The number of ether oxygens (including phenoxy) is 2. The van der Waals surface area contributed by atoms with Gasteiger partial charge in [-0.1, -0.05) is 17.7 Å². The van der Waals surface area contributed by atoms with E-state index in [0.717, 1.165) is 43.9 Å². The molecular weight excluding hydrogens is 435 g/mol. The van der Waals surface area contributed by atoms with Gasteiger partial charge in [0.1, 0.15) is 40.5 Å². The van der Waals surface area contributed by atoms with Crippen LogP contribution in [0.4, 0.5) is 10.2 Å². The number of morpholine rings is 1. The zero-order chi connectivity index (χ0) is 21.8. The van der Waals surface area contributed by atoms with E-state index in [1.807, 2.05) is 0 Å². The van der Waals surface area contributed by atoms with Crippen LogP contribution in [0.1, 0.15) is 18.4 Å². The normalized spacial score (nSPS) is 27.4. The Labute approximate surface area is 191 Å². The third kappa shape index (κ3) is 3.23. The van der Waals surface area contributed by atoms with Gasteiger partial charge < -0.3 is 24.8 Å². The molecule has 9 heteroatoms. The van der Waals surface area contributed by atoms with Crippen molar-refractivity contribution in [2.24, 2.45) is 0 Å². The summed E-state index contributed by atoms with van der Waals surface area (Å²) in [5.74, 6) is 0.572. The van der Waals surface area contributed by atoms with Crippen molar-refractivity contribution >= 4 is 17.4 Å². The van der Waals surface area contributed by atoms with E-state index in [2.05, 4.69) is 15.1 Å². The maximum atomic E-state index is 14.9. The number of phenols is 1. The van der Waals surface area contributed by atoms with Crippen molar-refractivity contribution in [3.63, 3.8) is 0 Å². The number of rotatable bonds is 2. The number of aromatic hydroxyl groups is 1. The molecule has 2 aromatic rings. The number of aromatic nitrogens is 1. The standard InChI is InChI=1S/C23H26ClFN4O3/c24-20-21(19-17(25)2-1-3-18(19)30)27-23(29-13-4-5-14(29)11-31-10-13)16-9-28-7-6-26-8-15(28)12-32-22(16)20/h1-3,13-15,26,30H,4-12H2/t13?,14?,15-/m1/s1. The smallest absolute Gasteiger partial charge is 0.148 e. The van der Waals surface area contributed by atoms with Gasteiger partial charge in [0.25, 0.3) is 0 Å². The molecule has 1 aromatic carbocycles. The monoisotopic (exact) mass is 460 g/mol. The largest absolute Gasteiger partial charge is 0.507 e. The highest BCUT2D eigenvalue weighted by atomic mass is 35.5. The average molecular weight is 461 g/mol. The molecule has 3 saturated heterocycles. The van der Waals surface area contributed by atoms with Crippen LogP contribution in [0.3, 0.4) is 0 Å². The fourth-order valence-electron chi connectivity index (χ4n) is 5.52. The summed E-state index contributed by atoms with van der Waals surface area (Å²) in [5, 5.41) is 14.2. The number of halogens is 2. The van der Waals surface area contributed by atoms with Crippen molar-refractivity contribution in [1.82, 2.24) is 15.2 Å². The van der Waals surface area contributed by atoms with Crippen molar-refractivity contribution in [3.8, 4) is 22.8 Å². The number of hydrogen-bond acceptors (Lipinski definition) is 7. The van der Waals surface area contributed by atoms with Crippen LogP contribution in [-0.4, -0.2) is 72.6 Å². The van der Waals surface area contributed by atoms with Crippen molar-refractivity contribution < 1.29 is 19.0 Å². The molecule has 0 spiro atoms. The van der Waals surface area contributed by atoms with Gasteiger partial charge in [-0.25, -0.2) is 9.37 Å². The number of fused-ring (bicyclic) bond motifs is 4. The Morgan fingerprint density at radius 3 is 2.75 bits per heavy atom. The summed E-state index contributed by atoms with van der Waals surface area (Å²) >= 11 is 6.83. The number of anilines is 1. The van der Waals surface area contributed by atoms with Crippen LogP contribution >= 0.6 is 11.6 Å². The molecule has 0 aliphatic carbocycles. The van der Waals surface area contributed by atoms with E-state index in [1.165, 1.54) is 18.2 Å². The molecule has 4 aliphatic heterocycles. The maximum Gasteiger partial charge on any atom is 0.148 e. The van der Waals surface area contributed by atoms with E-state index in [0.29, 0.717) is 32.1 Å². The lowest BCUT2D eigenvalue weighted by atomic mass is 10.0. The number of phenolic OH excluding ortho intramolecular Hbond substituents is 1. The van der Waals surface area contributed by atoms with Gasteiger partial charge in [-0.05, 0) is 25.0 Å². The number of nitrogens with zero attached hydrogens (tertiary/aromatic N) is 3. The van der Waals surface area contributed by atoms with E-state index < -0.39 is 5.82 Å². The molecule has 3 fully saturated rings. The second kappa shape index (κ2) is 8.02. The lowest BCUT2D eigenvalue weighted by molar-refractivity contribution is 0.0899. The van der Waals surface area contributed by atoms with Crippen LogP contribution < -0.4 is 15.0 Å². The Morgan fingerprint density at radius 2 is 1.97 bits per heavy atom. The predicted octanol–water partition coefficient (Wildman–Crippen LogP) is 2.78. The number of hydrogen-bond donors (Lipinski definition) is 2. The first-order valence-electron chi connectivity index (χ1n) is 11.3. The first-order chi connectivity index (χ1) is 15.6. The molecule has 2 N–H and O–H groups in total. The fraction of sp³-hybridized carbons (Fsp3) is 0.522. The Bertz CT molecular complexity index is 1020. The summed E-state index contributed by atoms with van der Waals surface area (Å²) in [6.45, 7) is 5.13. The Morgan fingerprint density at radius 1 is 1.16 bits per heavy atom. The molecule has 4 aliphatic rings. The van der Waals surface area contributed by atoms with E-state index >= 15 is 0 Å². The SMILES string of the molecule is Oc1cccc(F)c1-c1nc(N2C3CCC2COC3)c2c(c1Cl)OC[C@H]1CNCCN1C2. The second-order valence-electron chi connectivity index (χ2n) is 9.01. The minimum atomic E-state index is -0.564. The topological polar surface area (TPSA) is 70.1 Å². The molecule has 5 heterocycles. The van der Waals surface area contributed by atoms with E-state index in [4.69, 9.17) is 26.1 Å². The van der Waals surface area contributed by atoms with Gasteiger partial charge in [0.2, 0.25) is 0 Å². The van der Waals surface area contributed by atoms with E-state index in [-0.39, 0.29) is 40.2 Å². The minimum Gasteiger partial charge on any atom is -0.507 e. The summed E-state index contributed by atoms with van der Waals surface area (Å²) in [6.07, 6.45) is 2.06. The lowest BCUT2D eigenvalue weighted by Crippen LogP contribution is -2.52. The van der Waals surface area contributed by atoms with Crippen molar-refractivity contribution in [2.45, 2.75) is 37.5 Å². The van der Waals surface area contributed by atoms with Crippen LogP contribution in [0.15, 0.2) is 18.2 Å². The van der Waals surface area contributed by atoms with Crippen LogP contribution in [0.25, 0.3) is 11.3 Å². The van der Waals surface area contributed by atoms with Gasteiger partial charge in [-0.15, -0.1) is 0 Å². The molecule has 0 saturated carbocycles. The Kier molecular flexibility index (Phi) is 5.13. The average Bonchev–Trinajstić information content (AvgIpc) is 2.95. The van der Waals surface area contributed by atoms with Crippen molar-refractivity contribution in [1.29, 1.82) is 0 Å². The highest BCUT2D eigenvalue weighted by molar-refractivity contribution is 6.35. The van der Waals surface area contributed by atoms with Crippen LogP contribution in [0.5, 0.6) is 11.5 Å². The third-order valence-electron chi connectivity index (χ3n) is 7.14. The zero-order valence-corrected chi connectivity index (χ0v) is 18.4. The van der Waals surface area contributed by atoms with Crippen LogP contribution in [-0.2, 0) is 11.3 Å². The molecule has 7 nitrogen and oxygen atoms in total. The van der Waals surface area contributed by atoms with Gasteiger partial charge in [0.05, 0.1) is 42.5 Å². The quantitative estimate of drug-likeness (QED) is 0.714. The number of pyridine rings is 1. The van der Waals surface area contributed by atoms with Crippen LogP contribution in [0.2, 0.25) is 5.02 Å².